The van der Waals surface area contributed by atoms with E-state index in [0.717, 1.165) is 11.3 Å². The topological polar surface area (TPSA) is 82.2 Å². The van der Waals surface area contributed by atoms with Gasteiger partial charge in [0, 0.05) is 37.0 Å². The highest BCUT2D eigenvalue weighted by atomic mass is 16.5. The van der Waals surface area contributed by atoms with E-state index in [4.69, 9.17) is 4.74 Å². The maximum Gasteiger partial charge on any atom is 0.250 e. The summed E-state index contributed by atoms with van der Waals surface area (Å²) in [5.74, 6) is 0.419. The van der Waals surface area contributed by atoms with E-state index < -0.39 is 5.54 Å². The van der Waals surface area contributed by atoms with Crippen LogP contribution >= 0.6 is 0 Å². The average molecular weight is 527 g/mol. The number of carbonyl (C=O) groups excluding carboxylic acids is 3. The van der Waals surface area contributed by atoms with Gasteiger partial charge in [0.2, 0.25) is 11.8 Å². The van der Waals surface area contributed by atoms with Gasteiger partial charge in [-0.1, -0.05) is 54.6 Å². The number of aryl methyl sites for hydroxylation is 1. The third-order valence-electron chi connectivity index (χ3n) is 7.68. The largest absolute Gasteiger partial charge is 0.497 e. The monoisotopic (exact) mass is 526 g/mol. The minimum Gasteiger partial charge on any atom is -0.497 e. The van der Waals surface area contributed by atoms with Crippen LogP contribution in [0.4, 0.5) is 11.4 Å². The fourth-order valence-electron chi connectivity index (χ4n) is 5.58. The average Bonchev–Trinajstić information content (AvgIpc) is 3.23. The van der Waals surface area contributed by atoms with Crippen molar-refractivity contribution in [2.45, 2.75) is 31.2 Å². The maximum absolute atomic E-state index is 13.9. The molecule has 0 aromatic heterocycles. The van der Waals surface area contributed by atoms with E-state index in [1.54, 1.807) is 36.3 Å². The minimum atomic E-state index is -0.784. The first-order valence-electron chi connectivity index (χ1n) is 13.4. The molecule has 0 unspecified atom stereocenters. The molecule has 0 atom stereocenters. The molecule has 2 heterocycles. The Bertz CT molecular complexity index is 1310. The molecule has 0 saturated carbocycles. The molecule has 0 aliphatic carbocycles. The number of hydrogen-bond donors (Lipinski definition) is 1. The Balaban J connectivity index is 1.27. The molecule has 0 bridgehead atoms. The third kappa shape index (κ3) is 5.74. The summed E-state index contributed by atoms with van der Waals surface area (Å²) in [5.41, 5.74) is 1.91. The zero-order valence-electron chi connectivity index (χ0n) is 22.2. The summed E-state index contributed by atoms with van der Waals surface area (Å²) in [6.45, 7) is 1.27. The second-order valence-electron chi connectivity index (χ2n) is 10.1. The van der Waals surface area contributed by atoms with Crippen LogP contribution in [0.3, 0.4) is 0 Å². The van der Waals surface area contributed by atoms with Crippen molar-refractivity contribution in [3.8, 4) is 5.75 Å². The lowest BCUT2D eigenvalue weighted by Gasteiger charge is -2.43. The van der Waals surface area contributed by atoms with Gasteiger partial charge in [-0.3, -0.25) is 14.4 Å². The van der Waals surface area contributed by atoms with Crippen LogP contribution in [0, 0.1) is 0 Å². The van der Waals surface area contributed by atoms with Crippen LogP contribution in [0.15, 0.2) is 84.9 Å². The number of piperidine rings is 1. The fraction of sp³-hybridized carbons (Fsp3) is 0.323. The van der Waals surface area contributed by atoms with Gasteiger partial charge < -0.3 is 24.8 Å². The summed E-state index contributed by atoms with van der Waals surface area (Å²) in [7, 11) is 1.57. The molecule has 39 heavy (non-hydrogen) atoms. The summed E-state index contributed by atoms with van der Waals surface area (Å²) in [5, 5.41) is 2.88. The van der Waals surface area contributed by atoms with E-state index in [1.807, 2.05) is 65.6 Å². The lowest BCUT2D eigenvalue weighted by molar-refractivity contribution is -0.139. The predicted molar refractivity (Wildman–Crippen MR) is 150 cm³/mol. The molecule has 5 rings (SSSR count). The van der Waals surface area contributed by atoms with Crippen LogP contribution in [0.2, 0.25) is 0 Å². The Morgan fingerprint density at radius 1 is 0.923 bits per heavy atom. The molecule has 8 heteroatoms. The van der Waals surface area contributed by atoms with Gasteiger partial charge in [-0.2, -0.15) is 0 Å². The molecule has 8 nitrogen and oxygen atoms in total. The fourth-order valence-corrected chi connectivity index (χ4v) is 5.58. The number of anilines is 2. The molecule has 3 aromatic rings. The smallest absolute Gasteiger partial charge is 0.250 e. The molecule has 2 aliphatic rings. The van der Waals surface area contributed by atoms with Gasteiger partial charge in [0.05, 0.1) is 13.8 Å². The molecule has 3 amide bonds. The first-order chi connectivity index (χ1) is 19.0. The second-order valence-corrected chi connectivity index (χ2v) is 10.1. The summed E-state index contributed by atoms with van der Waals surface area (Å²) < 4.78 is 5.24. The summed E-state index contributed by atoms with van der Waals surface area (Å²) in [6.07, 6.45) is 2.19. The van der Waals surface area contributed by atoms with Crippen LogP contribution in [0.25, 0.3) is 0 Å². The minimum absolute atomic E-state index is 0.0547. The quantitative estimate of drug-likeness (QED) is 0.481. The standard InChI is InChI=1S/C31H34N4O4/c1-39-27-14-8-11-25(21-27)32-28(36)22-34-23-35(26-12-6-3-7-13-26)31(30(34)38)17-19-33(20-18-31)29(37)16-15-24-9-4-2-5-10-24/h2-14,21H,15-20,22-23H2,1H3,(H,32,36). The molecule has 2 fully saturated rings. The van der Waals surface area contributed by atoms with Gasteiger partial charge >= 0.3 is 0 Å². The number of ether oxygens (including phenoxy) is 1. The van der Waals surface area contributed by atoms with Crippen molar-refractivity contribution in [2.75, 3.05) is 43.6 Å². The zero-order chi connectivity index (χ0) is 27.2. The normalized spacial score (nSPS) is 16.4. The van der Waals surface area contributed by atoms with Crippen LogP contribution < -0.4 is 15.0 Å². The number of amides is 3. The number of carbonyl (C=O) groups is 3. The van der Waals surface area contributed by atoms with E-state index in [9.17, 15) is 14.4 Å². The number of benzene rings is 3. The number of nitrogens with one attached hydrogen (secondary N) is 1. The van der Waals surface area contributed by atoms with Crippen molar-refractivity contribution in [1.82, 2.24) is 9.80 Å². The van der Waals surface area contributed by atoms with Crippen molar-refractivity contribution in [3.05, 3.63) is 90.5 Å². The molecular weight excluding hydrogens is 492 g/mol. The Kier molecular flexibility index (Phi) is 7.81. The third-order valence-corrected chi connectivity index (χ3v) is 7.68. The van der Waals surface area contributed by atoms with E-state index >= 15 is 0 Å². The van der Waals surface area contributed by atoms with Crippen molar-refractivity contribution in [1.29, 1.82) is 0 Å². The second kappa shape index (κ2) is 11.6. The van der Waals surface area contributed by atoms with Crippen molar-refractivity contribution < 1.29 is 19.1 Å². The Morgan fingerprint density at radius 3 is 2.31 bits per heavy atom. The molecular formula is C31H34N4O4. The molecule has 1 spiro atoms. The highest BCUT2D eigenvalue weighted by Crippen LogP contribution is 2.39. The number of hydrogen-bond acceptors (Lipinski definition) is 5. The van der Waals surface area contributed by atoms with Gasteiger partial charge in [-0.25, -0.2) is 0 Å². The molecule has 1 N–H and O–H groups in total. The first-order valence-corrected chi connectivity index (χ1v) is 13.4. The predicted octanol–water partition coefficient (Wildman–Crippen LogP) is 3.93. The van der Waals surface area contributed by atoms with Gasteiger partial charge in [0.1, 0.15) is 17.8 Å². The molecule has 202 valence electrons. The summed E-state index contributed by atoms with van der Waals surface area (Å²) in [4.78, 5) is 45.5. The molecule has 2 aliphatic heterocycles. The van der Waals surface area contributed by atoms with E-state index in [-0.39, 0.29) is 24.3 Å². The number of rotatable bonds is 8. The lowest BCUT2D eigenvalue weighted by atomic mass is 9.85. The summed E-state index contributed by atoms with van der Waals surface area (Å²) in [6, 6.07) is 27.0. The van der Waals surface area contributed by atoms with Crippen LogP contribution in [-0.2, 0) is 20.8 Å². The Labute approximate surface area is 229 Å². The SMILES string of the molecule is COc1cccc(NC(=O)CN2CN(c3ccccc3)C3(CCN(C(=O)CCc4ccccc4)CC3)C2=O)c1. The maximum atomic E-state index is 13.9. The lowest BCUT2D eigenvalue weighted by Crippen LogP contribution is -2.57. The molecule has 3 aromatic carbocycles. The van der Waals surface area contributed by atoms with Crippen molar-refractivity contribution in [2.24, 2.45) is 0 Å². The van der Waals surface area contributed by atoms with Gasteiger partial charge in [0.25, 0.3) is 5.91 Å². The Morgan fingerprint density at radius 2 is 1.62 bits per heavy atom. The molecule has 0 radical (unpaired) electrons. The van der Waals surface area contributed by atoms with Crippen molar-refractivity contribution in [3.63, 3.8) is 0 Å². The first kappa shape index (κ1) is 26.3. The van der Waals surface area contributed by atoms with E-state index in [2.05, 4.69) is 10.2 Å². The van der Waals surface area contributed by atoms with Gasteiger partial charge in [0.15, 0.2) is 0 Å². The van der Waals surface area contributed by atoms with E-state index in [0.29, 0.717) is 56.9 Å². The zero-order valence-corrected chi connectivity index (χ0v) is 22.2. The van der Waals surface area contributed by atoms with Crippen molar-refractivity contribution >= 4 is 29.1 Å². The number of likely N-dealkylation sites (tertiary alicyclic amines) is 1. The molecule has 2 saturated heterocycles. The van der Waals surface area contributed by atoms with Crippen LogP contribution in [0.1, 0.15) is 24.8 Å². The number of para-hydroxylation sites is 1. The van der Waals surface area contributed by atoms with Gasteiger partial charge in [-0.15, -0.1) is 0 Å². The van der Waals surface area contributed by atoms with E-state index in [1.165, 1.54) is 0 Å². The van der Waals surface area contributed by atoms with Gasteiger partial charge in [-0.05, 0) is 49.1 Å². The Hall–Kier alpha value is -4.33. The van der Waals surface area contributed by atoms with Crippen LogP contribution in [-0.4, -0.2) is 66.5 Å². The highest BCUT2D eigenvalue weighted by molar-refractivity contribution is 5.99. The van der Waals surface area contributed by atoms with Crippen LogP contribution in [0.5, 0.6) is 5.75 Å². The highest BCUT2D eigenvalue weighted by Gasteiger charge is 2.54. The number of methoxy groups -OCH3 is 1. The number of nitrogens with zero attached hydrogens (tertiary/aromatic N) is 3. The summed E-state index contributed by atoms with van der Waals surface area (Å²) >= 11 is 0.